The molecule has 0 radical (unpaired) electrons. The van der Waals surface area contributed by atoms with Gasteiger partial charge in [-0.05, 0) is 60.1 Å². The Hall–Kier alpha value is -3.48. The van der Waals surface area contributed by atoms with Crippen LogP contribution in [0.4, 0.5) is 0 Å². The standard InChI is InChI=1S/C38H54N2O2.C12H18N2O4.2CNS.Ru/c1-3-5-7-9-27-41-35-19-15-31(16-20-35)11-13-33-23-25-39-37(29-33)38-30-34(24-26-40-38)14-12-32-17-21-36(22-18-32)42-28-10-8-6-4-2;15-11(16)7-1-3-13-9(5-7)10-6-8(12(17)18)2-4-14-10;2*2-1-3;/h11-22,33-34,37-38H,3-10,23-30H2,1-2H3;7-10H,1-6H2,(H,15,16)(H,17,18);;;/q2*-2;2*-1;+6/b13-11+,14-12+;;;;. The number of aliphatic carboxylic acids is 2. The molecule has 2 aromatic carbocycles. The van der Waals surface area contributed by atoms with Gasteiger partial charge in [-0.3, -0.25) is 9.59 Å². The smallest absolute Gasteiger partial charge is 0.753 e. The summed E-state index contributed by atoms with van der Waals surface area (Å²) < 4.78 is 11.8. The number of unbranched alkanes of at least 4 members (excludes halogenated alkanes) is 6. The molecule has 0 amide bonds. The number of hydrogen-bond donors (Lipinski definition) is 2. The van der Waals surface area contributed by atoms with E-state index in [4.69, 9.17) is 41.1 Å². The van der Waals surface area contributed by atoms with Gasteiger partial charge in [0, 0.05) is 0 Å². The van der Waals surface area contributed by atoms with Crippen LogP contribution in [0.2, 0.25) is 0 Å². The molecule has 4 fully saturated rings. The Morgan fingerprint density at radius 1 is 0.582 bits per heavy atom. The van der Waals surface area contributed by atoms with E-state index in [9.17, 15) is 9.59 Å². The molecule has 2 aromatic rings. The third kappa shape index (κ3) is 24.6. The molecule has 6 rings (SSSR count). The van der Waals surface area contributed by atoms with Crippen LogP contribution in [0.25, 0.3) is 44.2 Å². The number of carboxylic acids is 2. The van der Waals surface area contributed by atoms with Gasteiger partial charge in [-0.15, -0.1) is 26.2 Å². The second-order valence-corrected chi connectivity index (χ2v) is 17.8. The number of carboxylic acid groups (broad SMARTS) is 2. The van der Waals surface area contributed by atoms with Gasteiger partial charge in [0.1, 0.15) is 11.5 Å². The third-order valence-electron chi connectivity index (χ3n) is 12.6. The molecule has 4 aliphatic rings. The van der Waals surface area contributed by atoms with Crippen LogP contribution in [0.15, 0.2) is 60.7 Å². The van der Waals surface area contributed by atoms with E-state index in [1.807, 2.05) is 0 Å². The summed E-state index contributed by atoms with van der Waals surface area (Å²) >= 11 is 7.40. The monoisotopic (exact) mass is 1040 g/mol. The van der Waals surface area contributed by atoms with Crippen molar-refractivity contribution in [3.8, 4) is 11.5 Å². The molecular formula is C52H72N6O6RuS2. The first-order valence-corrected chi connectivity index (χ1v) is 24.9. The van der Waals surface area contributed by atoms with E-state index in [2.05, 4.69) is 122 Å². The second kappa shape index (κ2) is 36.5. The van der Waals surface area contributed by atoms with Gasteiger partial charge >= 0.3 is 31.4 Å². The molecule has 0 saturated carbocycles. The summed E-state index contributed by atoms with van der Waals surface area (Å²) in [5.74, 6) is 0.826. The molecule has 0 aromatic heterocycles. The topological polar surface area (TPSA) is 194 Å². The Labute approximate surface area is 424 Å². The third-order valence-corrected chi connectivity index (χ3v) is 12.6. The van der Waals surface area contributed by atoms with Crippen LogP contribution in [0.5, 0.6) is 11.5 Å². The van der Waals surface area contributed by atoms with Crippen LogP contribution in [-0.4, -0.2) is 96.0 Å². The fourth-order valence-electron chi connectivity index (χ4n) is 8.77. The summed E-state index contributed by atoms with van der Waals surface area (Å²) in [5, 5.41) is 53.9. The Morgan fingerprint density at radius 2 is 0.910 bits per heavy atom. The van der Waals surface area contributed by atoms with Gasteiger partial charge in [0.05, 0.1) is 25.0 Å². The maximum Gasteiger partial charge on any atom is 6.00 e. The molecule has 4 saturated heterocycles. The van der Waals surface area contributed by atoms with Crippen LogP contribution in [0.3, 0.4) is 0 Å². The summed E-state index contributed by atoms with van der Waals surface area (Å²) in [6.07, 6.45) is 25.9. The number of benzene rings is 2. The molecular weight excluding hydrogens is 970 g/mol. The molecule has 0 spiro atoms. The number of ether oxygens (including phenoxy) is 2. The predicted octanol–water partition coefficient (Wildman–Crippen LogP) is 13.4. The molecule has 67 heavy (non-hydrogen) atoms. The van der Waals surface area contributed by atoms with E-state index in [0.29, 0.717) is 62.7 Å². The largest absolute Gasteiger partial charge is 6.00 e. The summed E-state index contributed by atoms with van der Waals surface area (Å²) in [4.78, 5) is 22.0. The molecule has 15 heteroatoms. The minimum atomic E-state index is -0.777. The number of thiocarbonyl (C=S) groups is 2. The molecule has 12 nitrogen and oxygen atoms in total. The molecule has 366 valence electrons. The van der Waals surface area contributed by atoms with Crippen molar-refractivity contribution in [3.63, 3.8) is 0 Å². The molecule has 4 heterocycles. The van der Waals surface area contributed by atoms with Gasteiger partial charge in [0.2, 0.25) is 0 Å². The number of piperidine rings is 4. The first-order valence-electron chi connectivity index (χ1n) is 24.1. The van der Waals surface area contributed by atoms with Crippen LogP contribution in [0, 0.1) is 23.7 Å². The van der Waals surface area contributed by atoms with Crippen molar-refractivity contribution in [2.45, 2.75) is 141 Å². The van der Waals surface area contributed by atoms with Crippen molar-refractivity contribution >= 4 is 58.8 Å². The van der Waals surface area contributed by atoms with Crippen molar-refractivity contribution in [1.29, 1.82) is 0 Å². The second-order valence-electron chi connectivity index (χ2n) is 17.4. The van der Waals surface area contributed by atoms with E-state index in [1.165, 1.54) is 60.0 Å². The fourth-order valence-corrected chi connectivity index (χ4v) is 8.77. The van der Waals surface area contributed by atoms with Crippen molar-refractivity contribution in [2.75, 3.05) is 39.4 Å². The Balaban J connectivity index is 0.000000510. The van der Waals surface area contributed by atoms with Crippen molar-refractivity contribution in [1.82, 2.24) is 0 Å². The molecule has 0 bridgehead atoms. The molecule has 4 aliphatic heterocycles. The Kier molecular flexibility index (Phi) is 32.5. The molecule has 8 unspecified atom stereocenters. The van der Waals surface area contributed by atoms with E-state index in [1.54, 1.807) is 0 Å². The van der Waals surface area contributed by atoms with Gasteiger partial charge in [-0.1, -0.05) is 177 Å². The summed E-state index contributed by atoms with van der Waals surface area (Å²) in [6, 6.07) is 17.6. The number of isothiocyanates is 2. The summed E-state index contributed by atoms with van der Waals surface area (Å²) in [7, 11) is 0. The minimum Gasteiger partial charge on any atom is -0.753 e. The number of allylic oxidation sites excluding steroid dienone is 2. The fraction of sp³-hybridized carbons (Fsp3) is 0.615. The van der Waals surface area contributed by atoms with E-state index in [-0.39, 0.29) is 43.4 Å². The maximum atomic E-state index is 11.0. The maximum absolute atomic E-state index is 11.0. The van der Waals surface area contributed by atoms with E-state index >= 15 is 0 Å². The van der Waals surface area contributed by atoms with Crippen molar-refractivity contribution < 1.29 is 48.8 Å². The van der Waals surface area contributed by atoms with Gasteiger partial charge in [0.25, 0.3) is 0 Å². The number of rotatable bonds is 20. The predicted molar refractivity (Wildman–Crippen MR) is 276 cm³/mol. The Bertz CT molecular complexity index is 1660. The van der Waals surface area contributed by atoms with Crippen LogP contribution in [-0.2, 0) is 29.1 Å². The normalized spacial score (nSPS) is 24.6. The quantitative estimate of drug-likeness (QED) is 0.0566. The number of hydrogen-bond acceptors (Lipinski definition) is 6. The average molecular weight is 1040 g/mol. The van der Waals surface area contributed by atoms with Gasteiger partial charge in [-0.25, -0.2) is 0 Å². The average Bonchev–Trinajstić information content (AvgIpc) is 3.34. The van der Waals surface area contributed by atoms with Gasteiger partial charge < -0.3 is 51.8 Å². The zero-order valence-corrected chi connectivity index (χ0v) is 42.9. The molecule has 0 aliphatic carbocycles. The van der Waals surface area contributed by atoms with Crippen LogP contribution in [0.1, 0.15) is 128 Å². The minimum absolute atomic E-state index is 0. The molecule has 8 atom stereocenters. The SMILES string of the molecule is CCCCCCOc1ccc(/C=C/C2CC[N-]C(C3CC(/C=C/c4ccc(OCCCCCC)cc4)CC[N-]3)C2)cc1.O=C(O)C1CC[N-]C(C2CC(C(=O)O)CC[N-]2)C1.[N-]=C=S.[N-]=C=S.[Ru+6]. The zero-order valence-electron chi connectivity index (χ0n) is 39.5. The van der Waals surface area contributed by atoms with E-state index < -0.39 is 11.9 Å². The van der Waals surface area contributed by atoms with Gasteiger partial charge in [-0.2, -0.15) is 34.5 Å². The molecule has 2 N–H and O–H groups in total. The van der Waals surface area contributed by atoms with Crippen molar-refractivity contribution in [3.05, 3.63) is 104 Å². The van der Waals surface area contributed by atoms with E-state index in [0.717, 1.165) is 76.3 Å². The first kappa shape index (κ1) is 59.6. The summed E-state index contributed by atoms with van der Waals surface area (Å²) in [5.41, 5.74) is 2.48. The van der Waals surface area contributed by atoms with Crippen LogP contribution < -0.4 is 9.47 Å². The van der Waals surface area contributed by atoms with Gasteiger partial charge in [0.15, 0.2) is 0 Å². The summed E-state index contributed by atoms with van der Waals surface area (Å²) in [6.45, 7) is 9.09. The van der Waals surface area contributed by atoms with Crippen LogP contribution >= 0.6 is 24.4 Å². The van der Waals surface area contributed by atoms with Crippen molar-refractivity contribution in [2.24, 2.45) is 23.7 Å². The number of nitrogens with zero attached hydrogens (tertiary/aromatic N) is 6. The first-order chi connectivity index (χ1) is 32.1. The zero-order chi connectivity index (χ0) is 47.8. The Morgan fingerprint density at radius 3 is 1.24 bits per heavy atom. The number of carbonyl (C=O) groups is 2.